The molecule has 0 saturated carbocycles. The first kappa shape index (κ1) is 16.4. The SMILES string of the molecule is CCNC(COC1CC(C)OC(C)C1)C(=O)OCC. The summed E-state index contributed by atoms with van der Waals surface area (Å²) in [6.07, 6.45) is 2.36. The summed E-state index contributed by atoms with van der Waals surface area (Å²) in [5.41, 5.74) is 0. The van der Waals surface area contributed by atoms with Gasteiger partial charge in [-0.05, 0) is 40.2 Å². The van der Waals surface area contributed by atoms with E-state index < -0.39 is 0 Å². The maximum absolute atomic E-state index is 11.7. The Morgan fingerprint density at radius 1 is 1.32 bits per heavy atom. The number of rotatable bonds is 7. The lowest BCUT2D eigenvalue weighted by atomic mass is 10.0. The van der Waals surface area contributed by atoms with Crippen molar-refractivity contribution in [3.8, 4) is 0 Å². The van der Waals surface area contributed by atoms with Gasteiger partial charge in [-0.15, -0.1) is 0 Å². The number of carbonyl (C=O) groups is 1. The zero-order chi connectivity index (χ0) is 14.3. The Hall–Kier alpha value is -0.650. The van der Waals surface area contributed by atoms with Crippen LogP contribution in [0.5, 0.6) is 0 Å². The van der Waals surface area contributed by atoms with Crippen LogP contribution in [-0.4, -0.2) is 50.1 Å². The smallest absolute Gasteiger partial charge is 0.325 e. The van der Waals surface area contributed by atoms with Crippen molar-refractivity contribution < 1.29 is 19.0 Å². The lowest BCUT2D eigenvalue weighted by Gasteiger charge is -2.32. The molecule has 0 bridgehead atoms. The molecule has 1 heterocycles. The normalized spacial score (nSPS) is 28.9. The molecule has 0 aromatic rings. The van der Waals surface area contributed by atoms with E-state index in [0.717, 1.165) is 12.8 Å². The fourth-order valence-electron chi connectivity index (χ4n) is 2.41. The van der Waals surface area contributed by atoms with Crippen molar-refractivity contribution >= 4 is 5.97 Å². The molecule has 112 valence electrons. The third-order valence-corrected chi connectivity index (χ3v) is 3.17. The third-order valence-electron chi connectivity index (χ3n) is 3.17. The van der Waals surface area contributed by atoms with Crippen LogP contribution in [0, 0.1) is 0 Å². The summed E-state index contributed by atoms with van der Waals surface area (Å²) in [6.45, 7) is 9.35. The molecular formula is C14H27NO4. The molecular weight excluding hydrogens is 246 g/mol. The molecule has 0 aliphatic carbocycles. The predicted molar refractivity (Wildman–Crippen MR) is 73.1 cm³/mol. The van der Waals surface area contributed by atoms with Crippen LogP contribution in [0.2, 0.25) is 0 Å². The summed E-state index contributed by atoms with van der Waals surface area (Å²) in [5, 5.41) is 3.10. The molecule has 0 spiro atoms. The summed E-state index contributed by atoms with van der Waals surface area (Å²) >= 11 is 0. The second-order valence-electron chi connectivity index (χ2n) is 5.05. The lowest BCUT2D eigenvalue weighted by molar-refractivity contribution is -0.150. The monoisotopic (exact) mass is 273 g/mol. The third kappa shape index (κ3) is 5.89. The Morgan fingerprint density at radius 3 is 2.47 bits per heavy atom. The number of hydrogen-bond acceptors (Lipinski definition) is 5. The van der Waals surface area contributed by atoms with Crippen LogP contribution in [-0.2, 0) is 19.0 Å². The molecule has 1 saturated heterocycles. The molecule has 0 aromatic carbocycles. The van der Waals surface area contributed by atoms with Crippen molar-refractivity contribution in [2.24, 2.45) is 0 Å². The van der Waals surface area contributed by atoms with E-state index in [1.165, 1.54) is 0 Å². The summed E-state index contributed by atoms with van der Waals surface area (Å²) in [7, 11) is 0. The Balaban J connectivity index is 2.40. The van der Waals surface area contributed by atoms with Gasteiger partial charge >= 0.3 is 5.97 Å². The summed E-state index contributed by atoms with van der Waals surface area (Å²) < 4.78 is 16.6. The lowest BCUT2D eigenvalue weighted by Crippen LogP contribution is -2.44. The zero-order valence-electron chi connectivity index (χ0n) is 12.5. The second kappa shape index (κ2) is 8.51. The summed E-state index contributed by atoms with van der Waals surface area (Å²) in [6, 6.07) is -0.376. The highest BCUT2D eigenvalue weighted by molar-refractivity contribution is 5.75. The van der Waals surface area contributed by atoms with E-state index in [1.807, 2.05) is 13.8 Å². The first-order valence-electron chi connectivity index (χ1n) is 7.23. The van der Waals surface area contributed by atoms with Gasteiger partial charge in [0.25, 0.3) is 0 Å². The van der Waals surface area contributed by atoms with Gasteiger partial charge in [-0.3, -0.25) is 4.79 Å². The van der Waals surface area contributed by atoms with Crippen LogP contribution in [0.4, 0.5) is 0 Å². The van der Waals surface area contributed by atoms with E-state index in [9.17, 15) is 4.79 Å². The molecule has 0 radical (unpaired) electrons. The number of hydrogen-bond donors (Lipinski definition) is 1. The van der Waals surface area contributed by atoms with E-state index in [-0.39, 0.29) is 30.3 Å². The van der Waals surface area contributed by atoms with Crippen molar-refractivity contribution in [1.82, 2.24) is 5.32 Å². The van der Waals surface area contributed by atoms with Crippen LogP contribution < -0.4 is 5.32 Å². The van der Waals surface area contributed by atoms with Gasteiger partial charge in [0.2, 0.25) is 0 Å². The maximum Gasteiger partial charge on any atom is 0.325 e. The first-order valence-corrected chi connectivity index (χ1v) is 7.23. The fourth-order valence-corrected chi connectivity index (χ4v) is 2.41. The van der Waals surface area contributed by atoms with E-state index in [2.05, 4.69) is 19.2 Å². The number of esters is 1. The highest BCUT2D eigenvalue weighted by Crippen LogP contribution is 2.21. The Labute approximate surface area is 116 Å². The molecule has 0 amide bonds. The van der Waals surface area contributed by atoms with Crippen molar-refractivity contribution in [1.29, 1.82) is 0 Å². The van der Waals surface area contributed by atoms with Gasteiger partial charge in [0, 0.05) is 0 Å². The van der Waals surface area contributed by atoms with Gasteiger partial charge in [0.1, 0.15) is 6.04 Å². The molecule has 1 aliphatic heterocycles. The minimum atomic E-state index is -0.376. The number of carbonyl (C=O) groups excluding carboxylic acids is 1. The highest BCUT2D eigenvalue weighted by Gasteiger charge is 2.27. The molecule has 19 heavy (non-hydrogen) atoms. The van der Waals surface area contributed by atoms with Crippen molar-refractivity contribution in [2.45, 2.75) is 64.9 Å². The van der Waals surface area contributed by atoms with Crippen LogP contribution in [0.3, 0.4) is 0 Å². The second-order valence-corrected chi connectivity index (χ2v) is 5.05. The molecule has 1 fully saturated rings. The molecule has 3 unspecified atom stereocenters. The first-order chi connectivity index (χ1) is 9.06. The molecule has 1 aliphatic rings. The highest BCUT2D eigenvalue weighted by atomic mass is 16.5. The van der Waals surface area contributed by atoms with Gasteiger partial charge in [-0.2, -0.15) is 0 Å². The van der Waals surface area contributed by atoms with E-state index in [1.54, 1.807) is 0 Å². The Kier molecular flexibility index (Phi) is 7.34. The van der Waals surface area contributed by atoms with Crippen molar-refractivity contribution in [3.63, 3.8) is 0 Å². The Bertz CT molecular complexity index is 262. The molecule has 5 heteroatoms. The number of likely N-dealkylation sites (N-methyl/N-ethyl adjacent to an activating group) is 1. The zero-order valence-corrected chi connectivity index (χ0v) is 12.5. The van der Waals surface area contributed by atoms with Gasteiger partial charge in [-0.1, -0.05) is 6.92 Å². The van der Waals surface area contributed by atoms with E-state index in [0.29, 0.717) is 19.8 Å². The topological polar surface area (TPSA) is 56.8 Å². The van der Waals surface area contributed by atoms with Crippen molar-refractivity contribution in [3.05, 3.63) is 0 Å². The minimum Gasteiger partial charge on any atom is -0.465 e. The summed E-state index contributed by atoms with van der Waals surface area (Å²) in [4.78, 5) is 11.7. The van der Waals surface area contributed by atoms with Crippen molar-refractivity contribution in [2.75, 3.05) is 19.8 Å². The fraction of sp³-hybridized carbons (Fsp3) is 0.929. The largest absolute Gasteiger partial charge is 0.465 e. The minimum absolute atomic E-state index is 0.161. The van der Waals surface area contributed by atoms with Gasteiger partial charge in [0.15, 0.2) is 0 Å². The average molecular weight is 273 g/mol. The number of nitrogens with one attached hydrogen (secondary N) is 1. The van der Waals surface area contributed by atoms with E-state index in [4.69, 9.17) is 14.2 Å². The van der Waals surface area contributed by atoms with Crippen LogP contribution in [0.1, 0.15) is 40.5 Å². The standard InChI is InChI=1S/C14H27NO4/c1-5-15-13(14(16)17-6-2)9-18-12-7-10(3)19-11(4)8-12/h10-13,15H,5-9H2,1-4H3. The Morgan fingerprint density at radius 2 is 1.95 bits per heavy atom. The van der Waals surface area contributed by atoms with Crippen LogP contribution in [0.25, 0.3) is 0 Å². The maximum atomic E-state index is 11.7. The molecule has 1 N–H and O–H groups in total. The van der Waals surface area contributed by atoms with Gasteiger partial charge in [0.05, 0.1) is 31.5 Å². The molecule has 0 aromatic heterocycles. The number of ether oxygens (including phenoxy) is 3. The van der Waals surface area contributed by atoms with E-state index >= 15 is 0 Å². The van der Waals surface area contributed by atoms with Gasteiger partial charge in [-0.25, -0.2) is 0 Å². The van der Waals surface area contributed by atoms with Crippen LogP contribution >= 0.6 is 0 Å². The molecule has 1 rings (SSSR count). The van der Waals surface area contributed by atoms with Crippen LogP contribution in [0.15, 0.2) is 0 Å². The summed E-state index contributed by atoms with van der Waals surface area (Å²) in [5.74, 6) is -0.238. The average Bonchev–Trinajstić information content (AvgIpc) is 2.33. The van der Waals surface area contributed by atoms with Gasteiger partial charge < -0.3 is 19.5 Å². The predicted octanol–water partition coefficient (Wildman–Crippen LogP) is 1.50. The quantitative estimate of drug-likeness (QED) is 0.712. The molecule has 3 atom stereocenters. The molecule has 5 nitrogen and oxygen atoms in total.